The second-order valence-corrected chi connectivity index (χ2v) is 19.3. The van der Waals surface area contributed by atoms with Crippen molar-refractivity contribution in [2.75, 3.05) is 0 Å². The monoisotopic (exact) mass is 586 g/mol. The summed E-state index contributed by atoms with van der Waals surface area (Å²) < 4.78 is 26.6. The summed E-state index contributed by atoms with van der Waals surface area (Å²) in [5, 5.41) is 0. The summed E-state index contributed by atoms with van der Waals surface area (Å²) in [7, 11) is -4.63. The van der Waals surface area contributed by atoms with Crippen molar-refractivity contribution in [3.8, 4) is 11.5 Å². The Labute approximate surface area is 252 Å². The third-order valence-corrected chi connectivity index (χ3v) is 8.38. The summed E-state index contributed by atoms with van der Waals surface area (Å²) >= 11 is 0. The molecule has 0 aliphatic heterocycles. The molecule has 41 heavy (non-hydrogen) atoms. The first-order valence-corrected chi connectivity index (χ1v) is 16.5. The van der Waals surface area contributed by atoms with Crippen molar-refractivity contribution in [2.45, 2.75) is 157 Å². The van der Waals surface area contributed by atoms with E-state index in [2.05, 4.69) is 149 Å². The maximum atomic E-state index is 14.1. The Kier molecular flexibility index (Phi) is 9.28. The summed E-state index contributed by atoms with van der Waals surface area (Å²) in [6.07, 6.45) is 0. The van der Waals surface area contributed by atoms with Crippen LogP contribution in [-0.4, -0.2) is 4.89 Å². The molecule has 1 N–H and O–H groups in total. The molecule has 0 bridgehead atoms. The fourth-order valence-corrected chi connectivity index (χ4v) is 5.69. The van der Waals surface area contributed by atoms with E-state index in [-0.39, 0.29) is 32.5 Å². The highest BCUT2D eigenvalue weighted by Crippen LogP contribution is 2.54. The highest BCUT2D eigenvalue weighted by molar-refractivity contribution is 7.48. The molecular formula is C36H59O4P. The molecule has 0 aliphatic rings. The van der Waals surface area contributed by atoms with Crippen molar-refractivity contribution in [2.24, 2.45) is 0 Å². The normalized spacial score (nSPS) is 14.3. The second-order valence-electron chi connectivity index (χ2n) is 18.0. The molecule has 0 fully saturated rings. The van der Waals surface area contributed by atoms with Crippen molar-refractivity contribution < 1.29 is 18.5 Å². The summed E-state index contributed by atoms with van der Waals surface area (Å²) in [6.45, 7) is 38.4. The molecule has 0 saturated heterocycles. The van der Waals surface area contributed by atoms with Gasteiger partial charge in [0.15, 0.2) is 0 Å². The van der Waals surface area contributed by atoms with Crippen molar-refractivity contribution in [1.29, 1.82) is 0 Å². The lowest BCUT2D eigenvalue weighted by atomic mass is 9.75. The van der Waals surface area contributed by atoms with E-state index in [0.717, 1.165) is 33.4 Å². The van der Waals surface area contributed by atoms with Crippen LogP contribution in [0.25, 0.3) is 0 Å². The van der Waals surface area contributed by atoms with Gasteiger partial charge in [-0.15, -0.1) is 0 Å². The molecule has 2 aromatic carbocycles. The Balaban J connectivity index is 2.90. The minimum absolute atomic E-state index is 0.101. The minimum atomic E-state index is -4.63. The van der Waals surface area contributed by atoms with Crippen molar-refractivity contribution in [3.05, 3.63) is 57.6 Å². The molecular weight excluding hydrogens is 527 g/mol. The number of benzene rings is 2. The molecule has 0 aliphatic carbocycles. The average Bonchev–Trinajstić information content (AvgIpc) is 2.68. The number of phosphoric acid groups is 1. The molecule has 5 heteroatoms. The van der Waals surface area contributed by atoms with Gasteiger partial charge in [0.2, 0.25) is 0 Å². The van der Waals surface area contributed by atoms with E-state index in [1.807, 2.05) is 0 Å². The van der Waals surface area contributed by atoms with Crippen molar-refractivity contribution in [3.63, 3.8) is 0 Å². The fraction of sp³-hybridized carbons (Fsp3) is 0.667. The van der Waals surface area contributed by atoms with Gasteiger partial charge in [0.05, 0.1) is 0 Å². The Morgan fingerprint density at radius 1 is 0.439 bits per heavy atom. The van der Waals surface area contributed by atoms with Crippen LogP contribution in [0, 0.1) is 0 Å². The predicted molar refractivity (Wildman–Crippen MR) is 176 cm³/mol. The zero-order chi connectivity index (χ0) is 32.4. The number of phosphoric ester groups is 1. The third kappa shape index (κ3) is 8.64. The average molecular weight is 587 g/mol. The van der Waals surface area contributed by atoms with E-state index in [4.69, 9.17) is 9.05 Å². The van der Waals surface area contributed by atoms with E-state index >= 15 is 0 Å². The molecule has 2 rings (SSSR count). The zero-order valence-corrected chi connectivity index (χ0v) is 30.3. The van der Waals surface area contributed by atoms with E-state index in [1.54, 1.807) is 0 Å². The Morgan fingerprint density at radius 3 is 0.780 bits per heavy atom. The van der Waals surface area contributed by atoms with Gasteiger partial charge in [0, 0.05) is 22.3 Å². The maximum Gasteiger partial charge on any atom is 0.584 e. The summed E-state index contributed by atoms with van der Waals surface area (Å²) in [6, 6.07) is 8.52. The fourth-order valence-electron chi connectivity index (χ4n) is 4.80. The molecule has 0 unspecified atom stereocenters. The largest absolute Gasteiger partial charge is 0.584 e. The zero-order valence-electron chi connectivity index (χ0n) is 29.4. The maximum absolute atomic E-state index is 14.1. The molecule has 4 nitrogen and oxygen atoms in total. The first-order chi connectivity index (χ1) is 17.9. The Hall–Kier alpha value is -1.77. The van der Waals surface area contributed by atoms with E-state index < -0.39 is 7.82 Å². The van der Waals surface area contributed by atoms with Gasteiger partial charge in [-0.1, -0.05) is 149 Å². The lowest BCUT2D eigenvalue weighted by Crippen LogP contribution is -2.24. The van der Waals surface area contributed by atoms with Crippen molar-refractivity contribution >= 4 is 7.82 Å². The van der Waals surface area contributed by atoms with Gasteiger partial charge in [-0.05, 0) is 43.6 Å². The lowest BCUT2D eigenvalue weighted by Gasteiger charge is -2.35. The molecule has 0 aromatic heterocycles. The first-order valence-electron chi connectivity index (χ1n) is 15.0. The highest BCUT2D eigenvalue weighted by Gasteiger charge is 2.38. The van der Waals surface area contributed by atoms with Gasteiger partial charge in [0.25, 0.3) is 0 Å². The van der Waals surface area contributed by atoms with Crippen LogP contribution < -0.4 is 9.05 Å². The summed E-state index contributed by atoms with van der Waals surface area (Å²) in [5.74, 6) is 0.870. The van der Waals surface area contributed by atoms with Gasteiger partial charge in [-0.3, -0.25) is 4.89 Å². The standard InChI is InChI=1S/C36H59O4P/c1-31(2,3)23-19-25(33(7,8)9)29(26(20-23)34(10,11)12)39-41(37,38)40-30-27(35(13,14)15)21-24(32(4,5)6)22-28(30)36(16,17)18/h19-22H,1-18H3,(H,37,38). The number of hydrogen-bond acceptors (Lipinski definition) is 3. The van der Waals surface area contributed by atoms with Crippen LogP contribution >= 0.6 is 7.82 Å². The molecule has 0 spiro atoms. The summed E-state index contributed by atoms with van der Waals surface area (Å²) in [5.41, 5.74) is 4.35. The van der Waals surface area contributed by atoms with Gasteiger partial charge in [-0.2, -0.15) is 0 Å². The van der Waals surface area contributed by atoms with E-state index in [9.17, 15) is 9.46 Å². The molecule has 0 saturated carbocycles. The van der Waals surface area contributed by atoms with Gasteiger partial charge in [-0.25, -0.2) is 4.57 Å². The van der Waals surface area contributed by atoms with Crippen LogP contribution in [0.1, 0.15) is 158 Å². The van der Waals surface area contributed by atoms with Crippen LogP contribution in [-0.2, 0) is 37.1 Å². The number of hydrogen-bond donors (Lipinski definition) is 1. The van der Waals surface area contributed by atoms with Gasteiger partial charge < -0.3 is 9.05 Å². The minimum Gasteiger partial charge on any atom is -0.395 e. The van der Waals surface area contributed by atoms with Gasteiger partial charge in [0.1, 0.15) is 11.5 Å². The number of rotatable bonds is 4. The SMILES string of the molecule is CC(C)(C)c1cc(C(C)(C)C)c(OP(=O)(O)Oc2c(C(C)(C)C)cc(C(C)(C)C)cc2C(C)(C)C)c(C(C)(C)C)c1. The van der Waals surface area contributed by atoms with Crippen LogP contribution in [0.5, 0.6) is 11.5 Å². The topological polar surface area (TPSA) is 55.8 Å². The van der Waals surface area contributed by atoms with Gasteiger partial charge >= 0.3 is 7.82 Å². The third-order valence-electron chi connectivity index (χ3n) is 7.56. The summed E-state index contributed by atoms with van der Waals surface area (Å²) in [4.78, 5) is 11.6. The Bertz CT molecular complexity index is 1140. The Morgan fingerprint density at radius 2 is 0.634 bits per heavy atom. The molecule has 0 atom stereocenters. The first kappa shape index (κ1) is 35.4. The van der Waals surface area contributed by atoms with Crippen molar-refractivity contribution in [1.82, 2.24) is 0 Å². The molecule has 0 amide bonds. The smallest absolute Gasteiger partial charge is 0.395 e. The molecule has 0 heterocycles. The highest BCUT2D eigenvalue weighted by atomic mass is 31.2. The van der Waals surface area contributed by atoms with E-state index in [0.29, 0.717) is 11.5 Å². The molecule has 2 aromatic rings. The molecule has 232 valence electrons. The van der Waals surface area contributed by atoms with E-state index in [1.165, 1.54) is 0 Å². The lowest BCUT2D eigenvalue weighted by molar-refractivity contribution is 0.280. The molecule has 0 radical (unpaired) electrons. The van der Waals surface area contributed by atoms with Crippen LogP contribution in [0.3, 0.4) is 0 Å². The second kappa shape index (κ2) is 10.7. The quantitative estimate of drug-likeness (QED) is 0.362. The predicted octanol–water partition coefficient (Wildman–Crippen LogP) is 11.0. The van der Waals surface area contributed by atoms with Crippen LogP contribution in [0.2, 0.25) is 0 Å². The van der Waals surface area contributed by atoms with Crippen LogP contribution in [0.4, 0.5) is 0 Å². The van der Waals surface area contributed by atoms with Crippen LogP contribution in [0.15, 0.2) is 24.3 Å².